The van der Waals surface area contributed by atoms with Crippen molar-refractivity contribution in [3.63, 3.8) is 0 Å². The monoisotopic (exact) mass is 370 g/mol. The number of methoxy groups -OCH3 is 1. The minimum atomic E-state index is -0.443. The normalized spacial score (nSPS) is 14.7. The van der Waals surface area contributed by atoms with E-state index in [1.165, 1.54) is 13.2 Å². The Balaban J connectivity index is 1.69. The van der Waals surface area contributed by atoms with Gasteiger partial charge in [-0.15, -0.1) is 0 Å². The number of benzene rings is 2. The Morgan fingerprint density at radius 2 is 1.81 bits per heavy atom. The number of hydrogen-bond donors (Lipinski definition) is 1. The average molecular weight is 370 g/mol. The van der Waals surface area contributed by atoms with Crippen LogP contribution in [0.3, 0.4) is 0 Å². The fourth-order valence-corrected chi connectivity index (χ4v) is 3.29. The number of hydrogen-bond acceptors (Lipinski definition) is 3. The van der Waals surface area contributed by atoms with Crippen molar-refractivity contribution in [3.05, 3.63) is 53.8 Å². The third-order valence-corrected chi connectivity index (χ3v) is 4.89. The number of halogens is 1. The maximum absolute atomic E-state index is 14.0. The van der Waals surface area contributed by atoms with Crippen molar-refractivity contribution < 1.29 is 18.7 Å². The number of carbonyl (C=O) groups excluding carboxylic acids is 2. The van der Waals surface area contributed by atoms with E-state index in [0.29, 0.717) is 24.2 Å². The lowest BCUT2D eigenvalue weighted by atomic mass is 10.0. The van der Waals surface area contributed by atoms with Crippen molar-refractivity contribution in [1.82, 2.24) is 10.2 Å². The highest BCUT2D eigenvalue weighted by Crippen LogP contribution is 2.26. The largest absolute Gasteiger partial charge is 0.494 e. The number of likely N-dealkylation sites (tertiary alicyclic amines) is 1. The van der Waals surface area contributed by atoms with Gasteiger partial charge in [0.1, 0.15) is 0 Å². The van der Waals surface area contributed by atoms with Crippen LogP contribution < -0.4 is 10.1 Å². The molecule has 1 fully saturated rings. The summed E-state index contributed by atoms with van der Waals surface area (Å²) in [6.45, 7) is 2.88. The van der Waals surface area contributed by atoms with E-state index in [9.17, 15) is 14.0 Å². The summed E-state index contributed by atoms with van der Waals surface area (Å²) in [4.78, 5) is 25.8. The number of nitrogens with zero attached hydrogens (tertiary/aromatic N) is 1. The number of nitrogens with one attached hydrogen (secondary N) is 1. The van der Waals surface area contributed by atoms with Gasteiger partial charge in [0.05, 0.1) is 7.11 Å². The fourth-order valence-electron chi connectivity index (χ4n) is 3.29. The van der Waals surface area contributed by atoms with Crippen LogP contribution in [0, 0.1) is 5.82 Å². The zero-order valence-corrected chi connectivity index (χ0v) is 15.5. The molecule has 0 aromatic heterocycles. The van der Waals surface area contributed by atoms with E-state index in [1.54, 1.807) is 42.2 Å². The maximum Gasteiger partial charge on any atom is 0.251 e. The molecule has 6 heteroatoms. The first-order valence-corrected chi connectivity index (χ1v) is 8.98. The van der Waals surface area contributed by atoms with Crippen LogP contribution in [-0.2, 0) is 4.79 Å². The SMILES string of the molecule is COc1ccc(-c2cccc(C(=O)NC3CCN(C(C)=O)CC3)c2)cc1F. The van der Waals surface area contributed by atoms with Crippen molar-refractivity contribution >= 4 is 11.8 Å². The predicted octanol–water partition coefficient (Wildman–Crippen LogP) is 3.24. The second-order valence-electron chi connectivity index (χ2n) is 6.68. The molecule has 0 bridgehead atoms. The Bertz CT molecular complexity index is 845. The van der Waals surface area contributed by atoms with Crippen LogP contribution in [0.25, 0.3) is 11.1 Å². The first-order valence-electron chi connectivity index (χ1n) is 8.98. The van der Waals surface area contributed by atoms with Crippen LogP contribution in [0.5, 0.6) is 5.75 Å². The molecule has 1 heterocycles. The van der Waals surface area contributed by atoms with E-state index >= 15 is 0 Å². The molecule has 2 aromatic rings. The van der Waals surface area contributed by atoms with Crippen LogP contribution in [0.4, 0.5) is 4.39 Å². The van der Waals surface area contributed by atoms with E-state index in [-0.39, 0.29) is 23.6 Å². The summed E-state index contributed by atoms with van der Waals surface area (Å²) in [6, 6.07) is 11.9. The molecule has 1 saturated heterocycles. The summed E-state index contributed by atoms with van der Waals surface area (Å²) < 4.78 is 18.9. The molecular weight excluding hydrogens is 347 g/mol. The van der Waals surface area contributed by atoms with Crippen LogP contribution >= 0.6 is 0 Å². The van der Waals surface area contributed by atoms with Gasteiger partial charge < -0.3 is 15.0 Å². The quantitative estimate of drug-likeness (QED) is 0.899. The molecule has 1 N–H and O–H groups in total. The van der Waals surface area contributed by atoms with Crippen LogP contribution in [-0.4, -0.2) is 43.0 Å². The molecule has 1 aliphatic heterocycles. The van der Waals surface area contributed by atoms with Gasteiger partial charge in [-0.25, -0.2) is 4.39 Å². The van der Waals surface area contributed by atoms with Gasteiger partial charge in [0.15, 0.2) is 11.6 Å². The summed E-state index contributed by atoms with van der Waals surface area (Å²) in [6.07, 6.45) is 1.49. The molecule has 0 unspecified atom stereocenters. The number of amides is 2. The van der Waals surface area contributed by atoms with Crippen molar-refractivity contribution in [1.29, 1.82) is 0 Å². The summed E-state index contributed by atoms with van der Waals surface area (Å²) in [5, 5.41) is 3.03. The highest BCUT2D eigenvalue weighted by molar-refractivity contribution is 5.95. The maximum atomic E-state index is 14.0. The molecule has 2 aromatic carbocycles. The summed E-state index contributed by atoms with van der Waals surface area (Å²) in [5.41, 5.74) is 1.96. The number of rotatable bonds is 4. The lowest BCUT2D eigenvalue weighted by Gasteiger charge is -2.31. The van der Waals surface area contributed by atoms with E-state index < -0.39 is 5.82 Å². The standard InChI is InChI=1S/C21H23FN2O3/c1-14(25)24-10-8-18(9-11-24)23-21(26)17-5-3-4-15(12-17)16-6-7-20(27-2)19(22)13-16/h3-7,12-13,18H,8-11H2,1-2H3,(H,23,26). The Labute approximate surface area is 158 Å². The first kappa shape index (κ1) is 18.9. The Hall–Kier alpha value is -2.89. The number of ether oxygens (including phenoxy) is 1. The summed E-state index contributed by atoms with van der Waals surface area (Å²) in [5.74, 6) is -0.349. The topological polar surface area (TPSA) is 58.6 Å². The molecule has 0 spiro atoms. The molecule has 3 rings (SSSR count). The molecule has 5 nitrogen and oxygen atoms in total. The Kier molecular flexibility index (Phi) is 5.74. The fraction of sp³-hybridized carbons (Fsp3) is 0.333. The number of carbonyl (C=O) groups is 2. The minimum Gasteiger partial charge on any atom is -0.494 e. The zero-order chi connectivity index (χ0) is 19.4. The van der Waals surface area contributed by atoms with Crippen molar-refractivity contribution in [3.8, 4) is 16.9 Å². The minimum absolute atomic E-state index is 0.0511. The highest BCUT2D eigenvalue weighted by atomic mass is 19.1. The lowest BCUT2D eigenvalue weighted by Crippen LogP contribution is -2.46. The van der Waals surface area contributed by atoms with Gasteiger partial charge in [0, 0.05) is 31.6 Å². The molecule has 2 amide bonds. The van der Waals surface area contributed by atoms with Gasteiger partial charge in [0.2, 0.25) is 5.91 Å². The average Bonchev–Trinajstić information content (AvgIpc) is 2.68. The molecule has 1 aliphatic rings. The van der Waals surface area contributed by atoms with E-state index in [4.69, 9.17) is 4.74 Å². The second-order valence-corrected chi connectivity index (χ2v) is 6.68. The molecular formula is C21H23FN2O3. The third-order valence-electron chi connectivity index (χ3n) is 4.89. The summed E-state index contributed by atoms with van der Waals surface area (Å²) in [7, 11) is 1.42. The Morgan fingerprint density at radius 1 is 1.11 bits per heavy atom. The third kappa shape index (κ3) is 4.45. The van der Waals surface area contributed by atoms with Crippen LogP contribution in [0.15, 0.2) is 42.5 Å². The molecule has 27 heavy (non-hydrogen) atoms. The van der Waals surface area contributed by atoms with Gasteiger partial charge in [-0.1, -0.05) is 18.2 Å². The molecule has 0 saturated carbocycles. The molecule has 0 atom stereocenters. The van der Waals surface area contributed by atoms with Gasteiger partial charge in [-0.2, -0.15) is 0 Å². The Morgan fingerprint density at radius 3 is 2.44 bits per heavy atom. The zero-order valence-electron chi connectivity index (χ0n) is 15.5. The van der Waals surface area contributed by atoms with Gasteiger partial charge >= 0.3 is 0 Å². The molecule has 0 aliphatic carbocycles. The second kappa shape index (κ2) is 8.20. The number of piperidine rings is 1. The van der Waals surface area contributed by atoms with Crippen molar-refractivity contribution in [2.45, 2.75) is 25.8 Å². The van der Waals surface area contributed by atoms with Crippen molar-refractivity contribution in [2.75, 3.05) is 20.2 Å². The van der Waals surface area contributed by atoms with Crippen molar-refractivity contribution in [2.24, 2.45) is 0 Å². The smallest absolute Gasteiger partial charge is 0.251 e. The van der Waals surface area contributed by atoms with E-state index in [2.05, 4.69) is 5.32 Å². The van der Waals surface area contributed by atoms with E-state index in [1.807, 2.05) is 6.07 Å². The van der Waals surface area contributed by atoms with Crippen LogP contribution in [0.2, 0.25) is 0 Å². The highest BCUT2D eigenvalue weighted by Gasteiger charge is 2.22. The van der Waals surface area contributed by atoms with E-state index in [0.717, 1.165) is 18.4 Å². The van der Waals surface area contributed by atoms with Gasteiger partial charge in [-0.3, -0.25) is 9.59 Å². The van der Waals surface area contributed by atoms with Crippen LogP contribution in [0.1, 0.15) is 30.1 Å². The van der Waals surface area contributed by atoms with Gasteiger partial charge in [0.25, 0.3) is 5.91 Å². The van der Waals surface area contributed by atoms with Gasteiger partial charge in [-0.05, 0) is 48.2 Å². The predicted molar refractivity (Wildman–Crippen MR) is 101 cm³/mol. The summed E-state index contributed by atoms with van der Waals surface area (Å²) >= 11 is 0. The molecule has 0 radical (unpaired) electrons. The molecule has 142 valence electrons. The first-order chi connectivity index (χ1) is 13.0. The lowest BCUT2D eigenvalue weighted by molar-refractivity contribution is -0.129.